The molecule has 0 amide bonds. The summed E-state index contributed by atoms with van der Waals surface area (Å²) in [5.41, 5.74) is 0. The first-order valence-corrected chi connectivity index (χ1v) is 21.8. The molecule has 0 rings (SSSR count). The molecule has 0 fully saturated rings. The summed E-state index contributed by atoms with van der Waals surface area (Å²) in [6.45, 7) is 3.96. The first-order chi connectivity index (χ1) is 25.6. The molecular weight excluding hydrogens is 645 g/mol. The Morgan fingerprint density at radius 1 is 0.462 bits per heavy atom. The summed E-state index contributed by atoms with van der Waals surface area (Å²) >= 11 is 0. The molecule has 5 nitrogen and oxygen atoms in total. The molecule has 0 aliphatic heterocycles. The number of allylic oxidation sites excluding steroid dienone is 10. The van der Waals surface area contributed by atoms with E-state index in [4.69, 9.17) is 9.47 Å². The standard InChI is InChI=1S/C47H82O5/c1-3-5-7-9-11-13-15-17-18-19-20-21-22-23-24-25-26-27-28-30-31-33-35-37-39-41-46(49)51-44-45(43-48)52-47(50)42-40-38-36-34-32-29-16-14-12-10-8-6-4-2/h6,8,12,14,19-20,29,32,36,38,45,48H,3-5,7,9-11,13,15-18,21-28,30-31,33-35,37,39-44H2,1-2H3/b8-6-,14-12-,20-19-,32-29-,38-36-. The van der Waals surface area contributed by atoms with Crippen molar-refractivity contribution in [2.45, 2.75) is 213 Å². The number of esters is 2. The number of ether oxygens (including phenoxy) is 2. The first kappa shape index (κ1) is 49.6. The second-order valence-corrected chi connectivity index (χ2v) is 14.4. The number of aliphatic hydroxyl groups is 1. The average Bonchev–Trinajstić information content (AvgIpc) is 3.15. The highest BCUT2D eigenvalue weighted by Crippen LogP contribution is 2.15. The van der Waals surface area contributed by atoms with Gasteiger partial charge in [0.15, 0.2) is 6.10 Å². The zero-order chi connectivity index (χ0) is 37.8. The minimum atomic E-state index is -0.810. The molecule has 0 aliphatic carbocycles. The van der Waals surface area contributed by atoms with E-state index in [1.807, 2.05) is 12.2 Å². The Balaban J connectivity index is 3.54. The third-order valence-electron chi connectivity index (χ3n) is 9.31. The minimum Gasteiger partial charge on any atom is -0.462 e. The molecule has 1 unspecified atom stereocenters. The van der Waals surface area contributed by atoms with Crippen LogP contribution in [0.25, 0.3) is 0 Å². The van der Waals surface area contributed by atoms with Crippen LogP contribution in [0.5, 0.6) is 0 Å². The largest absolute Gasteiger partial charge is 0.462 e. The molecule has 52 heavy (non-hydrogen) atoms. The number of aliphatic hydroxyl groups excluding tert-OH is 1. The summed E-state index contributed by atoms with van der Waals surface area (Å²) in [4.78, 5) is 24.2. The van der Waals surface area contributed by atoms with Gasteiger partial charge in [-0.15, -0.1) is 0 Å². The van der Waals surface area contributed by atoms with E-state index in [1.54, 1.807) is 0 Å². The second kappa shape index (κ2) is 43.0. The van der Waals surface area contributed by atoms with Gasteiger partial charge in [-0.05, 0) is 64.2 Å². The Morgan fingerprint density at radius 2 is 0.865 bits per heavy atom. The van der Waals surface area contributed by atoms with Crippen LogP contribution in [0.15, 0.2) is 60.8 Å². The molecular formula is C47H82O5. The fourth-order valence-corrected chi connectivity index (χ4v) is 6.03. The van der Waals surface area contributed by atoms with E-state index in [2.05, 4.69) is 62.5 Å². The molecule has 0 spiro atoms. The van der Waals surface area contributed by atoms with E-state index in [0.717, 1.165) is 44.9 Å². The Hall–Kier alpha value is -2.40. The molecule has 300 valence electrons. The normalized spacial score (nSPS) is 12.8. The zero-order valence-electron chi connectivity index (χ0n) is 34.1. The second-order valence-electron chi connectivity index (χ2n) is 14.4. The van der Waals surface area contributed by atoms with Crippen LogP contribution < -0.4 is 0 Å². The third kappa shape index (κ3) is 40.4. The van der Waals surface area contributed by atoms with Gasteiger partial charge in [0.2, 0.25) is 0 Å². The monoisotopic (exact) mass is 727 g/mol. The molecule has 0 saturated carbocycles. The lowest BCUT2D eigenvalue weighted by atomic mass is 10.0. The van der Waals surface area contributed by atoms with Crippen molar-refractivity contribution >= 4 is 11.9 Å². The van der Waals surface area contributed by atoms with Crippen molar-refractivity contribution in [1.82, 2.24) is 0 Å². The van der Waals surface area contributed by atoms with Crippen LogP contribution in [0.2, 0.25) is 0 Å². The van der Waals surface area contributed by atoms with E-state index < -0.39 is 12.1 Å². The summed E-state index contributed by atoms with van der Waals surface area (Å²) < 4.78 is 10.6. The molecule has 5 heteroatoms. The Morgan fingerprint density at radius 3 is 1.33 bits per heavy atom. The summed E-state index contributed by atoms with van der Waals surface area (Å²) in [6.07, 6.45) is 56.1. The molecule has 1 N–H and O–H groups in total. The van der Waals surface area contributed by atoms with Gasteiger partial charge in [-0.2, -0.15) is 0 Å². The Kier molecular flexibility index (Phi) is 41.0. The van der Waals surface area contributed by atoms with E-state index >= 15 is 0 Å². The van der Waals surface area contributed by atoms with Gasteiger partial charge < -0.3 is 14.6 Å². The molecule has 0 saturated heterocycles. The predicted molar refractivity (Wildman–Crippen MR) is 223 cm³/mol. The highest BCUT2D eigenvalue weighted by atomic mass is 16.6. The number of rotatable bonds is 39. The molecule has 0 aromatic carbocycles. The van der Waals surface area contributed by atoms with Crippen LogP contribution in [0.1, 0.15) is 206 Å². The van der Waals surface area contributed by atoms with Gasteiger partial charge in [0, 0.05) is 12.8 Å². The van der Waals surface area contributed by atoms with Gasteiger partial charge in [-0.25, -0.2) is 0 Å². The van der Waals surface area contributed by atoms with Crippen molar-refractivity contribution in [3.05, 3.63) is 60.8 Å². The van der Waals surface area contributed by atoms with Crippen molar-refractivity contribution in [1.29, 1.82) is 0 Å². The van der Waals surface area contributed by atoms with Crippen LogP contribution >= 0.6 is 0 Å². The number of carbonyl (C=O) groups excluding carboxylic acids is 2. The van der Waals surface area contributed by atoms with Gasteiger partial charge in [-0.3, -0.25) is 9.59 Å². The lowest BCUT2D eigenvalue weighted by Gasteiger charge is -2.15. The summed E-state index contributed by atoms with van der Waals surface area (Å²) in [6, 6.07) is 0. The van der Waals surface area contributed by atoms with E-state index in [1.165, 1.54) is 128 Å². The molecule has 0 aromatic heterocycles. The summed E-state index contributed by atoms with van der Waals surface area (Å²) in [7, 11) is 0. The number of hydrogen-bond acceptors (Lipinski definition) is 5. The fraction of sp³-hybridized carbons (Fsp3) is 0.745. The lowest BCUT2D eigenvalue weighted by molar-refractivity contribution is -0.161. The number of unbranched alkanes of at least 4 members (excludes halogenated alkanes) is 21. The number of carbonyl (C=O) groups is 2. The fourth-order valence-electron chi connectivity index (χ4n) is 6.03. The van der Waals surface area contributed by atoms with Crippen LogP contribution in [-0.2, 0) is 19.1 Å². The highest BCUT2D eigenvalue weighted by molar-refractivity contribution is 5.70. The van der Waals surface area contributed by atoms with Gasteiger partial charge in [0.25, 0.3) is 0 Å². The molecule has 0 radical (unpaired) electrons. The summed E-state index contributed by atoms with van der Waals surface area (Å²) in [5.74, 6) is -0.685. The average molecular weight is 727 g/mol. The third-order valence-corrected chi connectivity index (χ3v) is 9.31. The maximum atomic E-state index is 12.1. The van der Waals surface area contributed by atoms with Crippen molar-refractivity contribution < 1.29 is 24.2 Å². The smallest absolute Gasteiger partial charge is 0.306 e. The molecule has 0 heterocycles. The van der Waals surface area contributed by atoms with Crippen LogP contribution in [-0.4, -0.2) is 36.4 Å². The van der Waals surface area contributed by atoms with E-state index in [-0.39, 0.29) is 25.6 Å². The quantitative estimate of drug-likeness (QED) is 0.0388. The van der Waals surface area contributed by atoms with Crippen LogP contribution in [0, 0.1) is 0 Å². The van der Waals surface area contributed by atoms with Crippen molar-refractivity contribution in [3.8, 4) is 0 Å². The van der Waals surface area contributed by atoms with Crippen LogP contribution in [0.3, 0.4) is 0 Å². The molecule has 1 atom stereocenters. The highest BCUT2D eigenvalue weighted by Gasteiger charge is 2.15. The van der Waals surface area contributed by atoms with Gasteiger partial charge >= 0.3 is 11.9 Å². The van der Waals surface area contributed by atoms with Crippen LogP contribution in [0.4, 0.5) is 0 Å². The Labute approximate surface area is 321 Å². The molecule has 0 bridgehead atoms. The topological polar surface area (TPSA) is 72.8 Å². The zero-order valence-corrected chi connectivity index (χ0v) is 34.1. The first-order valence-electron chi connectivity index (χ1n) is 21.8. The number of hydrogen-bond donors (Lipinski definition) is 1. The maximum Gasteiger partial charge on any atom is 0.306 e. The van der Waals surface area contributed by atoms with E-state index in [0.29, 0.717) is 12.8 Å². The maximum absolute atomic E-state index is 12.1. The lowest BCUT2D eigenvalue weighted by Crippen LogP contribution is -2.28. The molecule has 0 aromatic rings. The minimum absolute atomic E-state index is 0.0954. The van der Waals surface area contributed by atoms with Crippen molar-refractivity contribution in [2.24, 2.45) is 0 Å². The molecule has 0 aliphatic rings. The SMILES string of the molecule is CC/C=C\C/C=C\C/C=C\C/C=C\CCC(=O)OC(CO)COC(=O)CCCCCCCCCCCCCCC/C=C\CCCCCCCCCC. The predicted octanol–water partition coefficient (Wildman–Crippen LogP) is 14.0. The van der Waals surface area contributed by atoms with Crippen molar-refractivity contribution in [2.75, 3.05) is 13.2 Å². The van der Waals surface area contributed by atoms with E-state index in [9.17, 15) is 14.7 Å². The Bertz CT molecular complexity index is 915. The van der Waals surface area contributed by atoms with Gasteiger partial charge in [-0.1, -0.05) is 190 Å². The van der Waals surface area contributed by atoms with Gasteiger partial charge in [0.05, 0.1) is 6.61 Å². The van der Waals surface area contributed by atoms with Gasteiger partial charge in [0.1, 0.15) is 6.61 Å². The summed E-state index contributed by atoms with van der Waals surface area (Å²) in [5, 5.41) is 9.55. The van der Waals surface area contributed by atoms with Crippen molar-refractivity contribution in [3.63, 3.8) is 0 Å².